The largest absolute Gasteiger partial charge is 0.489 e. The van der Waals surface area contributed by atoms with Crippen LogP contribution in [0, 0.1) is 92.4 Å². The second-order valence-electron chi connectivity index (χ2n) is 30.5. The van der Waals surface area contributed by atoms with E-state index in [-0.39, 0.29) is 54.5 Å². The number of benzene rings is 6. The molecule has 0 aromatic heterocycles. The minimum absolute atomic E-state index is 0.116. The molecule has 6 aromatic carbocycles. The van der Waals surface area contributed by atoms with Crippen molar-refractivity contribution in [2.24, 2.45) is 71.0 Å². The summed E-state index contributed by atoms with van der Waals surface area (Å²) < 4.78 is 63.7. The Labute approximate surface area is 666 Å². The van der Waals surface area contributed by atoms with Crippen LogP contribution in [0.5, 0.6) is 40.2 Å². The molecule has 12 saturated carbocycles. The molecule has 0 saturated heterocycles. The quantitative estimate of drug-likeness (QED) is 0.0267. The van der Waals surface area contributed by atoms with E-state index in [1.807, 2.05) is 36.4 Å². The highest BCUT2D eigenvalue weighted by Gasteiger charge is 2.61. The van der Waals surface area contributed by atoms with Crippen molar-refractivity contribution in [2.75, 3.05) is 19.8 Å². The molecule has 0 unspecified atom stereocenters. The lowest BCUT2D eigenvalue weighted by molar-refractivity contribution is -0.212. The van der Waals surface area contributed by atoms with Crippen LogP contribution in [0.3, 0.4) is 0 Å². The molecular weight excluding hydrogens is 1950 g/mol. The summed E-state index contributed by atoms with van der Waals surface area (Å²) in [6, 6.07) is 33.5. The molecule has 0 spiro atoms. The monoisotopic (exact) mass is 2030 g/mol. The predicted molar refractivity (Wildman–Crippen MR) is 431 cm³/mol. The van der Waals surface area contributed by atoms with Crippen LogP contribution in [0.25, 0.3) is 11.1 Å². The summed E-state index contributed by atoms with van der Waals surface area (Å²) in [7, 11) is -1.00. The van der Waals surface area contributed by atoms with E-state index >= 15 is 0 Å². The lowest BCUT2D eigenvalue weighted by atomic mass is 9.49. The summed E-state index contributed by atoms with van der Waals surface area (Å²) in [5.74, 6) is 11.6. The van der Waals surface area contributed by atoms with Crippen molar-refractivity contribution in [1.82, 2.24) is 0 Å². The number of ether oxygens (including phenoxy) is 9. The van der Waals surface area contributed by atoms with Crippen molar-refractivity contribution in [3.05, 3.63) is 130 Å². The SMILES string of the molecule is CCC1(OC(=O)COc2cc(I)c(COc3ccc4c(c3)-c3cc(OCc5cc(I)c(OCC(=O)OC6(CC)C7CC8CC(C7)CC6C8)cc5I)ccc3[SH]4c3ccc(Oc4cc(I)c(OCC(=O)OC5(CC)C6CC7CC(C6)CC5C7)c(I)c4)cc3)cc2I)C2CC3CC(C2)CC1C3. The Balaban J connectivity index is 0.600. The van der Waals surface area contributed by atoms with Crippen LogP contribution in [0.4, 0.5) is 0 Å². The number of hydrogen-bond donors (Lipinski definition) is 1. The highest BCUT2D eigenvalue weighted by Crippen LogP contribution is 2.66. The molecule has 0 amide bonds. The lowest BCUT2D eigenvalue weighted by Gasteiger charge is -2.60. The van der Waals surface area contributed by atoms with Crippen LogP contribution in [-0.4, -0.2) is 54.5 Å². The van der Waals surface area contributed by atoms with Gasteiger partial charge >= 0.3 is 17.9 Å². The summed E-state index contributed by atoms with van der Waals surface area (Å²) in [6.07, 6.45) is 20.9. The minimum Gasteiger partial charge on any atom is -0.489 e. The second-order valence-corrected chi connectivity index (χ2v) is 39.6. The van der Waals surface area contributed by atoms with Crippen molar-refractivity contribution < 1.29 is 57.0 Å². The molecule has 12 fully saturated rings. The van der Waals surface area contributed by atoms with E-state index < -0.39 is 10.9 Å². The van der Waals surface area contributed by atoms with E-state index in [0.29, 0.717) is 77.5 Å². The van der Waals surface area contributed by atoms with Gasteiger partial charge in [-0.15, -0.1) is 0 Å². The van der Waals surface area contributed by atoms with Gasteiger partial charge in [0, 0.05) is 28.1 Å². The van der Waals surface area contributed by atoms with Gasteiger partial charge in [0.15, 0.2) is 19.8 Å². The highest BCUT2D eigenvalue weighted by molar-refractivity contribution is 14.1. The molecule has 1 heterocycles. The average molecular weight is 2030 g/mol. The Bertz CT molecular complexity index is 3860. The highest BCUT2D eigenvalue weighted by atomic mass is 127. The van der Waals surface area contributed by atoms with Gasteiger partial charge in [0.2, 0.25) is 0 Å². The minimum atomic E-state index is -1.00. The second kappa shape index (κ2) is 28.9. The summed E-state index contributed by atoms with van der Waals surface area (Å²) in [5, 5.41) is 0. The Morgan fingerprint density at radius 3 is 1.07 bits per heavy atom. The number of carbonyl (C=O) groups excluding carboxylic acids is 3. The third-order valence-electron chi connectivity index (χ3n) is 25.2. The normalized spacial score (nSPS) is 31.5. The van der Waals surface area contributed by atoms with E-state index in [4.69, 9.17) is 42.6 Å². The molecule has 0 N–H and O–H groups in total. The summed E-state index contributed by atoms with van der Waals surface area (Å²) >= 11 is 13.8. The fourth-order valence-corrected chi connectivity index (χ4v) is 28.5. The Morgan fingerprint density at radius 2 is 0.717 bits per heavy atom. The van der Waals surface area contributed by atoms with Gasteiger partial charge in [-0.2, -0.15) is 10.9 Å². The van der Waals surface area contributed by atoms with Crippen LogP contribution < -0.4 is 28.4 Å². The lowest BCUT2D eigenvalue weighted by Crippen LogP contribution is -2.59. The third-order valence-corrected chi connectivity index (χ3v) is 33.0. The van der Waals surface area contributed by atoms with Crippen molar-refractivity contribution >= 4 is 164 Å². The molecule has 12 nitrogen and oxygen atoms in total. The Hall–Kier alpha value is -2.74. The molecule has 1 aliphatic heterocycles. The zero-order valence-corrected chi connectivity index (χ0v) is 69.9. The number of halogens is 6. The maximum atomic E-state index is 13.6. The topological polar surface area (TPSA) is 134 Å². The maximum Gasteiger partial charge on any atom is 0.344 e. The summed E-state index contributed by atoms with van der Waals surface area (Å²) in [6.45, 7) is 6.90. The van der Waals surface area contributed by atoms with Gasteiger partial charge in [0.1, 0.15) is 70.3 Å². The number of carbonyl (C=O) groups is 3. The Morgan fingerprint density at radius 1 is 0.374 bits per heavy atom. The number of esters is 3. The van der Waals surface area contributed by atoms with Crippen molar-refractivity contribution in [2.45, 2.75) is 181 Å². The molecule has 524 valence electrons. The fraction of sp³-hybridized carbons (Fsp3) is 0.512. The molecule has 0 atom stereocenters. The summed E-state index contributed by atoms with van der Waals surface area (Å²) in [4.78, 5) is 44.4. The molecular formula is C80H84I6O12S. The molecule has 12 aliphatic carbocycles. The number of hydrogen-bond acceptors (Lipinski definition) is 12. The fourth-order valence-electron chi connectivity index (χ4n) is 21.4. The predicted octanol–water partition coefficient (Wildman–Crippen LogP) is 21.3. The standard InChI is InChI=1S/C80H84I6O12S/c1-4-78(51-18-43-15-44(20-51)21-52(78)19-43)96-74(87)40-92-70-36-64(81)49(30-66(70)83)38-90-58-9-13-72-62(32-58)63-33-59(91-39-50-31-67(84)71(37-65(50)82)93-41-75(88)97-79(5-2)53-22-45-16-46(24-53)25-54(79)23-45)10-14-73(63)99(72)61-11-7-57(8-12-61)95-60-34-68(85)77(69(86)35-60)94-42-76(89)98-80(6-3)55-26-47-17-48(28-55)29-56(80)27-47/h7-14,30-37,43-48,51-56,99H,4-6,15-29,38-42H2,1-3H3. The van der Waals surface area contributed by atoms with Crippen molar-refractivity contribution in [3.63, 3.8) is 0 Å². The van der Waals surface area contributed by atoms with Gasteiger partial charge in [0.25, 0.3) is 0 Å². The molecule has 6 aromatic rings. The van der Waals surface area contributed by atoms with Crippen LogP contribution in [0.15, 0.2) is 112 Å². The first kappa shape index (κ1) is 70.6. The van der Waals surface area contributed by atoms with Gasteiger partial charge in [0.05, 0.1) is 14.3 Å². The molecule has 0 radical (unpaired) electrons. The van der Waals surface area contributed by atoms with Crippen LogP contribution in [-0.2, 0) is 41.8 Å². The van der Waals surface area contributed by atoms with Crippen LogP contribution >= 0.6 is 146 Å². The number of rotatable bonds is 24. The average Bonchev–Trinajstić information content (AvgIpc) is 1.69. The van der Waals surface area contributed by atoms with Crippen LogP contribution in [0.2, 0.25) is 0 Å². The first-order valence-electron chi connectivity index (χ1n) is 36.0. The Kier molecular flexibility index (Phi) is 20.6. The van der Waals surface area contributed by atoms with Crippen molar-refractivity contribution in [3.8, 4) is 51.4 Å². The van der Waals surface area contributed by atoms with Gasteiger partial charge in [-0.1, -0.05) is 20.8 Å². The molecule has 19 heteroatoms. The van der Waals surface area contributed by atoms with E-state index in [1.54, 1.807) is 0 Å². The number of thiol groups is 1. The molecule has 13 aliphatic rings. The van der Waals surface area contributed by atoms with E-state index in [2.05, 4.69) is 217 Å². The van der Waals surface area contributed by atoms with Gasteiger partial charge in [-0.25, -0.2) is 14.4 Å². The molecule has 99 heavy (non-hydrogen) atoms. The summed E-state index contributed by atoms with van der Waals surface area (Å²) in [5.41, 5.74) is 3.14. The first-order valence-corrected chi connectivity index (χ1v) is 43.8. The van der Waals surface area contributed by atoms with Gasteiger partial charge in [-0.05, 0) is 435 Å². The smallest absolute Gasteiger partial charge is 0.344 e. The van der Waals surface area contributed by atoms with Crippen molar-refractivity contribution in [1.29, 1.82) is 0 Å². The maximum absolute atomic E-state index is 13.6. The number of fused-ring (bicyclic) bond motifs is 3. The van der Waals surface area contributed by atoms with E-state index in [0.717, 1.165) is 110 Å². The van der Waals surface area contributed by atoms with Gasteiger partial charge in [-0.3, -0.25) is 0 Å². The molecule has 19 rings (SSSR count). The zero-order valence-electron chi connectivity index (χ0n) is 56.0. The van der Waals surface area contributed by atoms with E-state index in [1.165, 1.54) is 111 Å². The first-order chi connectivity index (χ1) is 47.8. The zero-order chi connectivity index (χ0) is 68.2. The van der Waals surface area contributed by atoms with Crippen LogP contribution in [0.1, 0.15) is 147 Å². The molecule has 12 bridgehead atoms. The van der Waals surface area contributed by atoms with E-state index in [9.17, 15) is 14.4 Å². The van der Waals surface area contributed by atoms with Gasteiger partial charge < -0.3 is 42.6 Å². The third kappa shape index (κ3) is 13.7.